The zero-order valence-corrected chi connectivity index (χ0v) is 11.3. The van der Waals surface area contributed by atoms with Gasteiger partial charge in [0.05, 0.1) is 5.56 Å². The molecule has 0 radical (unpaired) electrons. The highest BCUT2D eigenvalue weighted by Crippen LogP contribution is 2.29. The minimum Gasteiger partial charge on any atom is -0.439 e. The van der Waals surface area contributed by atoms with Crippen molar-refractivity contribution < 1.29 is 27.5 Å². The van der Waals surface area contributed by atoms with Crippen LogP contribution in [0.3, 0.4) is 0 Å². The van der Waals surface area contributed by atoms with Gasteiger partial charge < -0.3 is 15.4 Å². The molecule has 0 aliphatic rings. The molecule has 0 saturated carbocycles. The molecule has 116 valence electrons. The lowest BCUT2D eigenvalue weighted by molar-refractivity contribution is -0.137. The summed E-state index contributed by atoms with van der Waals surface area (Å²) >= 11 is 0. The van der Waals surface area contributed by atoms with Gasteiger partial charge in [0, 0.05) is 13.6 Å². The number of halogens is 3. The van der Waals surface area contributed by atoms with Crippen molar-refractivity contribution >= 4 is 12.0 Å². The molecule has 2 N–H and O–H groups in total. The van der Waals surface area contributed by atoms with E-state index < -0.39 is 23.7 Å². The molecular weight excluding hydrogens is 289 g/mol. The number of alkyl carbamates (subject to hydrolysis) is 1. The van der Waals surface area contributed by atoms with Crippen molar-refractivity contribution in [3.05, 3.63) is 35.4 Å². The molecule has 8 heteroatoms. The molecule has 1 aromatic carbocycles. The van der Waals surface area contributed by atoms with Crippen LogP contribution >= 0.6 is 0 Å². The zero-order chi connectivity index (χ0) is 15.9. The number of rotatable bonds is 5. The Morgan fingerprint density at radius 2 is 1.81 bits per heavy atom. The summed E-state index contributed by atoms with van der Waals surface area (Å²) in [6.07, 6.45) is -4.77. The fourth-order valence-corrected chi connectivity index (χ4v) is 1.42. The molecule has 5 nitrogen and oxygen atoms in total. The SMILES string of the molecule is CNC(=O)COC(=O)NCCc1ccc(C(F)(F)F)cc1. The normalized spacial score (nSPS) is 10.9. The third kappa shape index (κ3) is 6.15. The number of amides is 2. The van der Waals surface area contributed by atoms with E-state index in [-0.39, 0.29) is 13.2 Å². The highest BCUT2D eigenvalue weighted by molar-refractivity contribution is 5.79. The Bertz CT molecular complexity index is 486. The summed E-state index contributed by atoms with van der Waals surface area (Å²) in [6.45, 7) is -0.194. The second kappa shape index (κ2) is 7.51. The number of hydrogen-bond donors (Lipinski definition) is 2. The van der Waals surface area contributed by atoms with Crippen LogP contribution in [-0.4, -0.2) is 32.2 Å². The monoisotopic (exact) mass is 304 g/mol. The average Bonchev–Trinajstić information content (AvgIpc) is 2.44. The summed E-state index contributed by atoms with van der Waals surface area (Å²) in [5.41, 5.74) is -0.0706. The van der Waals surface area contributed by atoms with Crippen LogP contribution in [0.15, 0.2) is 24.3 Å². The number of alkyl halides is 3. The number of benzene rings is 1. The quantitative estimate of drug-likeness (QED) is 0.870. The molecule has 0 bridgehead atoms. The molecule has 0 aliphatic heterocycles. The molecule has 0 atom stereocenters. The van der Waals surface area contributed by atoms with E-state index in [2.05, 4.69) is 15.4 Å². The molecule has 0 heterocycles. The standard InChI is InChI=1S/C13H15F3N2O3/c1-17-11(19)8-21-12(20)18-7-6-9-2-4-10(5-3-9)13(14,15)16/h2-5H,6-8H2,1H3,(H,17,19)(H,18,20). The van der Waals surface area contributed by atoms with Gasteiger partial charge in [-0.3, -0.25) is 4.79 Å². The molecule has 1 rings (SSSR count). The largest absolute Gasteiger partial charge is 0.439 e. The Balaban J connectivity index is 2.32. The van der Waals surface area contributed by atoms with Gasteiger partial charge in [-0.2, -0.15) is 13.2 Å². The second-order valence-electron chi connectivity index (χ2n) is 4.12. The minimum absolute atomic E-state index is 0.192. The van der Waals surface area contributed by atoms with Gasteiger partial charge in [0.25, 0.3) is 5.91 Å². The number of nitrogens with one attached hydrogen (secondary N) is 2. The maximum Gasteiger partial charge on any atom is 0.416 e. The molecule has 0 unspecified atom stereocenters. The van der Waals surface area contributed by atoms with Gasteiger partial charge in [0.15, 0.2) is 6.61 Å². The first-order chi connectivity index (χ1) is 9.82. The smallest absolute Gasteiger partial charge is 0.416 e. The van der Waals surface area contributed by atoms with Crippen molar-refractivity contribution in [1.82, 2.24) is 10.6 Å². The predicted octanol–water partition coefficient (Wildman–Crippen LogP) is 1.72. The molecule has 21 heavy (non-hydrogen) atoms. The van der Waals surface area contributed by atoms with Crippen molar-refractivity contribution in [3.8, 4) is 0 Å². The van der Waals surface area contributed by atoms with E-state index in [1.54, 1.807) is 0 Å². The maximum atomic E-state index is 12.4. The van der Waals surface area contributed by atoms with Crippen LogP contribution in [0.1, 0.15) is 11.1 Å². The fraction of sp³-hybridized carbons (Fsp3) is 0.385. The van der Waals surface area contributed by atoms with E-state index in [4.69, 9.17) is 0 Å². The summed E-state index contributed by atoms with van der Waals surface area (Å²) in [5, 5.41) is 4.68. The first kappa shape index (κ1) is 16.8. The van der Waals surface area contributed by atoms with Gasteiger partial charge in [-0.05, 0) is 24.1 Å². The third-order valence-electron chi connectivity index (χ3n) is 2.58. The summed E-state index contributed by atoms with van der Waals surface area (Å²) in [6, 6.07) is 4.67. The Hall–Kier alpha value is -2.25. The zero-order valence-electron chi connectivity index (χ0n) is 11.3. The van der Waals surface area contributed by atoms with E-state index in [0.29, 0.717) is 12.0 Å². The lowest BCUT2D eigenvalue weighted by atomic mass is 10.1. The lowest BCUT2D eigenvalue weighted by Gasteiger charge is -2.08. The Labute approximate surface area is 119 Å². The van der Waals surface area contributed by atoms with Crippen LogP contribution < -0.4 is 10.6 Å². The molecular formula is C13H15F3N2O3. The Morgan fingerprint density at radius 3 is 2.33 bits per heavy atom. The Morgan fingerprint density at radius 1 is 1.19 bits per heavy atom. The number of carbonyl (C=O) groups excluding carboxylic acids is 2. The van der Waals surface area contributed by atoms with E-state index >= 15 is 0 Å². The van der Waals surface area contributed by atoms with E-state index in [1.807, 2.05) is 0 Å². The summed E-state index contributed by atoms with van der Waals surface area (Å²) in [7, 11) is 1.41. The fourth-order valence-electron chi connectivity index (χ4n) is 1.42. The van der Waals surface area contributed by atoms with Gasteiger partial charge in [-0.1, -0.05) is 12.1 Å². The number of hydrogen-bond acceptors (Lipinski definition) is 3. The van der Waals surface area contributed by atoms with Crippen LogP contribution in [0.25, 0.3) is 0 Å². The number of carbonyl (C=O) groups is 2. The summed E-state index contributed by atoms with van der Waals surface area (Å²) in [5.74, 6) is -0.437. The van der Waals surface area contributed by atoms with Crippen LogP contribution in [0.5, 0.6) is 0 Å². The second-order valence-corrected chi connectivity index (χ2v) is 4.12. The summed E-state index contributed by atoms with van der Waals surface area (Å²) in [4.78, 5) is 22.0. The molecule has 1 aromatic rings. The number of likely N-dealkylation sites (N-methyl/N-ethyl adjacent to an activating group) is 1. The molecule has 0 fully saturated rings. The predicted molar refractivity (Wildman–Crippen MR) is 68.6 cm³/mol. The maximum absolute atomic E-state index is 12.4. The van der Waals surface area contributed by atoms with E-state index in [9.17, 15) is 22.8 Å². The Kier molecular flexibility index (Phi) is 6.01. The van der Waals surface area contributed by atoms with Crippen molar-refractivity contribution in [2.75, 3.05) is 20.2 Å². The molecule has 0 saturated heterocycles. The van der Waals surface area contributed by atoms with Gasteiger partial charge in [-0.15, -0.1) is 0 Å². The van der Waals surface area contributed by atoms with E-state index in [0.717, 1.165) is 12.1 Å². The van der Waals surface area contributed by atoms with Crippen LogP contribution in [-0.2, 0) is 22.1 Å². The lowest BCUT2D eigenvalue weighted by Crippen LogP contribution is -2.31. The van der Waals surface area contributed by atoms with Crippen molar-refractivity contribution in [3.63, 3.8) is 0 Å². The topological polar surface area (TPSA) is 67.4 Å². The molecule has 2 amide bonds. The third-order valence-corrected chi connectivity index (χ3v) is 2.58. The minimum atomic E-state index is -4.36. The van der Waals surface area contributed by atoms with Crippen LogP contribution in [0.2, 0.25) is 0 Å². The molecule has 0 aromatic heterocycles. The highest BCUT2D eigenvalue weighted by Gasteiger charge is 2.29. The highest BCUT2D eigenvalue weighted by atomic mass is 19.4. The van der Waals surface area contributed by atoms with Crippen LogP contribution in [0.4, 0.5) is 18.0 Å². The van der Waals surface area contributed by atoms with Gasteiger partial charge in [0.2, 0.25) is 0 Å². The average molecular weight is 304 g/mol. The van der Waals surface area contributed by atoms with Gasteiger partial charge in [-0.25, -0.2) is 4.79 Å². The number of ether oxygens (including phenoxy) is 1. The van der Waals surface area contributed by atoms with Crippen molar-refractivity contribution in [2.24, 2.45) is 0 Å². The van der Waals surface area contributed by atoms with Gasteiger partial charge in [0.1, 0.15) is 0 Å². The molecule has 0 aliphatic carbocycles. The first-order valence-electron chi connectivity index (χ1n) is 6.10. The van der Waals surface area contributed by atoms with Crippen molar-refractivity contribution in [1.29, 1.82) is 0 Å². The van der Waals surface area contributed by atoms with Crippen molar-refractivity contribution in [2.45, 2.75) is 12.6 Å². The summed E-state index contributed by atoms with van der Waals surface area (Å²) < 4.78 is 41.6. The first-order valence-corrected chi connectivity index (χ1v) is 6.10. The molecule has 0 spiro atoms. The van der Waals surface area contributed by atoms with Crippen LogP contribution in [0, 0.1) is 0 Å². The van der Waals surface area contributed by atoms with Gasteiger partial charge >= 0.3 is 12.3 Å². The van der Waals surface area contributed by atoms with E-state index in [1.165, 1.54) is 19.2 Å².